The van der Waals surface area contributed by atoms with E-state index in [-0.39, 0.29) is 12.6 Å². The molecule has 0 aliphatic heterocycles. The summed E-state index contributed by atoms with van der Waals surface area (Å²) in [6, 6.07) is 11.2. The molecule has 0 unspecified atom stereocenters. The van der Waals surface area contributed by atoms with Gasteiger partial charge in [0.1, 0.15) is 5.75 Å². The summed E-state index contributed by atoms with van der Waals surface area (Å²) in [5, 5.41) is 11.1. The molecule has 0 amide bonds. The molecule has 0 atom stereocenters. The van der Waals surface area contributed by atoms with Crippen molar-refractivity contribution in [3.8, 4) is 5.75 Å². The van der Waals surface area contributed by atoms with Crippen LogP contribution in [0.2, 0.25) is 0 Å². The largest absolute Gasteiger partial charge is 0.425 e. The smallest absolute Gasteiger partial charge is 0.316 e. The number of carbonyl (C=O) groups is 1. The van der Waals surface area contributed by atoms with Crippen LogP contribution in [0.25, 0.3) is 10.8 Å². The highest BCUT2D eigenvalue weighted by molar-refractivity contribution is 5.93. The third kappa shape index (κ3) is 2.68. The molecule has 106 valence electrons. The van der Waals surface area contributed by atoms with Crippen molar-refractivity contribution in [1.82, 2.24) is 0 Å². The zero-order valence-corrected chi connectivity index (χ0v) is 12.1. The van der Waals surface area contributed by atoms with E-state index < -0.39 is 5.41 Å². The molecule has 0 heterocycles. The summed E-state index contributed by atoms with van der Waals surface area (Å²) in [6.45, 7) is 5.68. The van der Waals surface area contributed by atoms with E-state index in [1.807, 2.05) is 51.1 Å². The van der Waals surface area contributed by atoms with Gasteiger partial charge in [0.15, 0.2) is 0 Å². The molecule has 1 N–H and O–H groups in total. The van der Waals surface area contributed by atoms with Gasteiger partial charge in [-0.25, -0.2) is 0 Å². The van der Waals surface area contributed by atoms with Crippen LogP contribution in [-0.2, 0) is 11.4 Å². The quantitative estimate of drug-likeness (QED) is 0.682. The molecule has 0 aliphatic rings. The standard InChI is InChI=1S/C17H20O3/c1-4-17(2,3)16(19)20-15-10-6-8-13-12(11-18)7-5-9-14(13)15/h5-10,18H,4,11H2,1-3H3. The molecule has 0 saturated heterocycles. The second-order valence-electron chi connectivity index (χ2n) is 5.55. The van der Waals surface area contributed by atoms with Gasteiger partial charge in [0.05, 0.1) is 12.0 Å². The van der Waals surface area contributed by atoms with Crippen LogP contribution < -0.4 is 4.74 Å². The maximum Gasteiger partial charge on any atom is 0.316 e. The summed E-state index contributed by atoms with van der Waals surface area (Å²) in [6.07, 6.45) is 0.721. The average molecular weight is 272 g/mol. The zero-order valence-electron chi connectivity index (χ0n) is 12.1. The van der Waals surface area contributed by atoms with Gasteiger partial charge in [0.25, 0.3) is 0 Å². The molecule has 2 aromatic carbocycles. The molecule has 0 aromatic heterocycles. The fraction of sp³-hybridized carbons (Fsp3) is 0.353. The molecule has 3 heteroatoms. The summed E-state index contributed by atoms with van der Waals surface area (Å²) in [4.78, 5) is 12.2. The molecule has 0 fully saturated rings. The molecular formula is C17H20O3. The minimum Gasteiger partial charge on any atom is -0.425 e. The molecule has 2 aromatic rings. The van der Waals surface area contributed by atoms with Gasteiger partial charge in [-0.3, -0.25) is 4.79 Å². The van der Waals surface area contributed by atoms with E-state index in [2.05, 4.69) is 0 Å². The topological polar surface area (TPSA) is 46.5 Å². The Kier molecular flexibility index (Phi) is 4.09. The Morgan fingerprint density at radius 1 is 1.15 bits per heavy atom. The minimum absolute atomic E-state index is 0.0325. The first kappa shape index (κ1) is 14.5. The summed E-state index contributed by atoms with van der Waals surface area (Å²) < 4.78 is 5.56. The first-order chi connectivity index (χ1) is 9.49. The lowest BCUT2D eigenvalue weighted by Gasteiger charge is -2.20. The highest BCUT2D eigenvalue weighted by Crippen LogP contribution is 2.30. The number of carbonyl (C=O) groups excluding carboxylic acids is 1. The molecule has 0 radical (unpaired) electrons. The third-order valence-electron chi connectivity index (χ3n) is 3.78. The van der Waals surface area contributed by atoms with Crippen LogP contribution in [0.1, 0.15) is 32.8 Å². The third-order valence-corrected chi connectivity index (χ3v) is 3.78. The van der Waals surface area contributed by atoms with Gasteiger partial charge < -0.3 is 9.84 Å². The summed E-state index contributed by atoms with van der Waals surface area (Å²) in [7, 11) is 0. The lowest BCUT2D eigenvalue weighted by Crippen LogP contribution is -2.28. The normalized spacial score (nSPS) is 11.6. The van der Waals surface area contributed by atoms with E-state index in [9.17, 15) is 9.90 Å². The van der Waals surface area contributed by atoms with Crippen LogP contribution in [0.3, 0.4) is 0 Å². The predicted molar refractivity (Wildman–Crippen MR) is 79.6 cm³/mol. The average Bonchev–Trinajstić information content (AvgIpc) is 2.46. The number of fused-ring (bicyclic) bond motifs is 1. The van der Waals surface area contributed by atoms with Crippen LogP contribution in [0, 0.1) is 5.41 Å². The highest BCUT2D eigenvalue weighted by atomic mass is 16.5. The monoisotopic (exact) mass is 272 g/mol. The van der Waals surface area contributed by atoms with Crippen molar-refractivity contribution in [3.63, 3.8) is 0 Å². The van der Waals surface area contributed by atoms with Crippen molar-refractivity contribution >= 4 is 16.7 Å². The Morgan fingerprint density at radius 2 is 1.80 bits per heavy atom. The van der Waals surface area contributed by atoms with Gasteiger partial charge in [-0.15, -0.1) is 0 Å². The van der Waals surface area contributed by atoms with Gasteiger partial charge in [-0.1, -0.05) is 37.3 Å². The van der Waals surface area contributed by atoms with Gasteiger partial charge in [0.2, 0.25) is 0 Å². The Hall–Kier alpha value is -1.87. The summed E-state index contributed by atoms with van der Waals surface area (Å²) >= 11 is 0. The predicted octanol–water partition coefficient (Wildman–Crippen LogP) is 3.67. The van der Waals surface area contributed by atoms with Crippen LogP contribution >= 0.6 is 0 Å². The van der Waals surface area contributed by atoms with E-state index in [1.54, 1.807) is 6.07 Å². The lowest BCUT2D eigenvalue weighted by molar-refractivity contribution is -0.144. The second-order valence-corrected chi connectivity index (χ2v) is 5.55. The maximum absolute atomic E-state index is 12.2. The number of esters is 1. The minimum atomic E-state index is -0.503. The Balaban J connectivity index is 2.44. The Morgan fingerprint density at radius 3 is 2.45 bits per heavy atom. The number of benzene rings is 2. The summed E-state index contributed by atoms with van der Waals surface area (Å²) in [5.41, 5.74) is 0.326. The van der Waals surface area contributed by atoms with Crippen molar-refractivity contribution in [2.75, 3.05) is 0 Å². The van der Waals surface area contributed by atoms with Crippen molar-refractivity contribution in [2.24, 2.45) is 5.41 Å². The van der Waals surface area contributed by atoms with Gasteiger partial charge in [-0.2, -0.15) is 0 Å². The first-order valence-corrected chi connectivity index (χ1v) is 6.83. The number of aliphatic hydroxyl groups is 1. The molecular weight excluding hydrogens is 252 g/mol. The fourth-order valence-electron chi connectivity index (χ4n) is 1.96. The van der Waals surface area contributed by atoms with Gasteiger partial charge >= 0.3 is 5.97 Å². The van der Waals surface area contributed by atoms with Crippen LogP contribution in [-0.4, -0.2) is 11.1 Å². The van der Waals surface area contributed by atoms with Crippen molar-refractivity contribution in [2.45, 2.75) is 33.8 Å². The number of aliphatic hydroxyl groups excluding tert-OH is 1. The number of rotatable bonds is 4. The van der Waals surface area contributed by atoms with Crippen molar-refractivity contribution < 1.29 is 14.6 Å². The maximum atomic E-state index is 12.2. The number of hydrogen-bond acceptors (Lipinski definition) is 3. The van der Waals surface area contributed by atoms with Crippen molar-refractivity contribution in [1.29, 1.82) is 0 Å². The van der Waals surface area contributed by atoms with Gasteiger partial charge in [0, 0.05) is 5.39 Å². The first-order valence-electron chi connectivity index (χ1n) is 6.83. The zero-order chi connectivity index (χ0) is 14.8. The van der Waals surface area contributed by atoms with E-state index >= 15 is 0 Å². The lowest BCUT2D eigenvalue weighted by atomic mass is 9.90. The molecule has 0 spiro atoms. The highest BCUT2D eigenvalue weighted by Gasteiger charge is 2.28. The van der Waals surface area contributed by atoms with Crippen LogP contribution in [0.4, 0.5) is 0 Å². The second kappa shape index (κ2) is 5.63. The number of hydrogen-bond donors (Lipinski definition) is 1. The van der Waals surface area contributed by atoms with E-state index in [0.717, 1.165) is 22.8 Å². The Bertz CT molecular complexity index is 629. The molecule has 0 bridgehead atoms. The van der Waals surface area contributed by atoms with Crippen LogP contribution in [0.15, 0.2) is 36.4 Å². The Labute approximate surface area is 119 Å². The van der Waals surface area contributed by atoms with Crippen molar-refractivity contribution in [3.05, 3.63) is 42.0 Å². The van der Waals surface area contributed by atoms with Crippen LogP contribution in [0.5, 0.6) is 5.75 Å². The SMILES string of the molecule is CCC(C)(C)C(=O)Oc1cccc2c(CO)cccc12. The van der Waals surface area contributed by atoms with E-state index in [4.69, 9.17) is 4.74 Å². The molecule has 2 rings (SSSR count). The van der Waals surface area contributed by atoms with Gasteiger partial charge in [-0.05, 0) is 37.3 Å². The van der Waals surface area contributed by atoms with E-state index in [1.165, 1.54) is 0 Å². The molecule has 0 aliphatic carbocycles. The fourth-order valence-corrected chi connectivity index (χ4v) is 1.96. The summed E-state index contributed by atoms with van der Waals surface area (Å²) in [5.74, 6) is 0.311. The van der Waals surface area contributed by atoms with E-state index in [0.29, 0.717) is 5.75 Å². The molecule has 20 heavy (non-hydrogen) atoms. The molecule has 0 saturated carbocycles. The number of ether oxygens (including phenoxy) is 1. The molecule has 3 nitrogen and oxygen atoms in total.